The van der Waals surface area contributed by atoms with Gasteiger partial charge in [0.1, 0.15) is 5.75 Å². The van der Waals surface area contributed by atoms with Crippen molar-refractivity contribution in [2.75, 3.05) is 20.7 Å². The molecule has 0 aliphatic heterocycles. The van der Waals surface area contributed by atoms with Crippen molar-refractivity contribution >= 4 is 5.91 Å². The van der Waals surface area contributed by atoms with Crippen molar-refractivity contribution in [2.45, 2.75) is 20.4 Å². The number of benzene rings is 1. The summed E-state index contributed by atoms with van der Waals surface area (Å²) in [6, 6.07) is 4.07. The Morgan fingerprint density at radius 3 is 2.29 bits per heavy atom. The highest BCUT2D eigenvalue weighted by Crippen LogP contribution is 2.24. The molecule has 2 N–H and O–H groups in total. The zero-order valence-electron chi connectivity index (χ0n) is 10.9. The van der Waals surface area contributed by atoms with E-state index in [1.54, 1.807) is 19.1 Å². The largest absolute Gasteiger partial charge is 0.496 e. The summed E-state index contributed by atoms with van der Waals surface area (Å²) < 4.78 is 5.30. The number of hydrogen-bond acceptors (Lipinski definition) is 3. The lowest BCUT2D eigenvalue weighted by atomic mass is 10.1. The minimum absolute atomic E-state index is 0.0462. The van der Waals surface area contributed by atoms with E-state index >= 15 is 0 Å². The van der Waals surface area contributed by atoms with E-state index in [9.17, 15) is 4.79 Å². The first-order chi connectivity index (χ1) is 7.99. The van der Waals surface area contributed by atoms with Gasteiger partial charge in [0.25, 0.3) is 0 Å². The minimum atomic E-state index is -0.0591. The summed E-state index contributed by atoms with van der Waals surface area (Å²) in [7, 11) is 3.42. The Hall–Kier alpha value is -1.55. The van der Waals surface area contributed by atoms with Crippen LogP contribution >= 0.6 is 0 Å². The standard InChI is InChI=1S/C13H20N2O2/c1-9-5-11(6-10(2)13(9)17-4)8-15(3)12(16)7-14/h5-6H,7-8,14H2,1-4H3. The van der Waals surface area contributed by atoms with E-state index in [2.05, 4.69) is 0 Å². The quantitative estimate of drug-likeness (QED) is 0.855. The maximum absolute atomic E-state index is 11.4. The average molecular weight is 236 g/mol. The molecule has 0 spiro atoms. The SMILES string of the molecule is COc1c(C)cc(CN(C)C(=O)CN)cc1C. The summed E-state index contributed by atoms with van der Waals surface area (Å²) in [4.78, 5) is 13.0. The molecular weight excluding hydrogens is 216 g/mol. The number of likely N-dealkylation sites (N-methyl/N-ethyl adjacent to an activating group) is 1. The van der Waals surface area contributed by atoms with Crippen molar-refractivity contribution in [1.29, 1.82) is 0 Å². The van der Waals surface area contributed by atoms with Gasteiger partial charge in [-0.2, -0.15) is 0 Å². The van der Waals surface area contributed by atoms with Crippen LogP contribution in [0.3, 0.4) is 0 Å². The third-order valence-electron chi connectivity index (χ3n) is 2.74. The zero-order chi connectivity index (χ0) is 13.0. The number of rotatable bonds is 4. The smallest absolute Gasteiger partial charge is 0.236 e. The van der Waals surface area contributed by atoms with Crippen LogP contribution in [0.25, 0.3) is 0 Å². The lowest BCUT2D eigenvalue weighted by molar-refractivity contribution is -0.128. The summed E-state index contributed by atoms with van der Waals surface area (Å²) >= 11 is 0. The molecule has 0 aromatic heterocycles. The summed E-state index contributed by atoms with van der Waals surface area (Å²) in [6.45, 7) is 4.62. The highest BCUT2D eigenvalue weighted by atomic mass is 16.5. The number of nitrogens with two attached hydrogens (primary N) is 1. The molecule has 0 unspecified atom stereocenters. The van der Waals surface area contributed by atoms with Gasteiger partial charge in [0.05, 0.1) is 13.7 Å². The van der Waals surface area contributed by atoms with Gasteiger partial charge in [-0.15, -0.1) is 0 Å². The highest BCUT2D eigenvalue weighted by molar-refractivity contribution is 5.77. The molecular formula is C13H20N2O2. The third kappa shape index (κ3) is 3.20. The van der Waals surface area contributed by atoms with E-state index in [4.69, 9.17) is 10.5 Å². The van der Waals surface area contributed by atoms with Crippen molar-refractivity contribution in [3.05, 3.63) is 28.8 Å². The Morgan fingerprint density at radius 2 is 1.88 bits per heavy atom. The van der Waals surface area contributed by atoms with Crippen LogP contribution in [0, 0.1) is 13.8 Å². The van der Waals surface area contributed by atoms with E-state index < -0.39 is 0 Å². The predicted octanol–water partition coefficient (Wildman–Crippen LogP) is 1.23. The number of nitrogens with zero attached hydrogens (tertiary/aromatic N) is 1. The summed E-state index contributed by atoms with van der Waals surface area (Å²) in [5.41, 5.74) is 8.57. The number of carbonyl (C=O) groups excluding carboxylic acids is 1. The fraction of sp³-hybridized carbons (Fsp3) is 0.462. The van der Waals surface area contributed by atoms with Crippen molar-refractivity contribution in [2.24, 2.45) is 5.73 Å². The number of carbonyl (C=O) groups is 1. The molecule has 0 saturated heterocycles. The maximum Gasteiger partial charge on any atom is 0.236 e. The average Bonchev–Trinajstić information content (AvgIpc) is 2.27. The summed E-state index contributed by atoms with van der Waals surface area (Å²) in [5, 5.41) is 0. The van der Waals surface area contributed by atoms with Crippen LogP contribution in [0.5, 0.6) is 5.75 Å². The third-order valence-corrected chi connectivity index (χ3v) is 2.74. The second kappa shape index (κ2) is 5.68. The van der Waals surface area contributed by atoms with Crippen LogP contribution in [-0.4, -0.2) is 31.5 Å². The van der Waals surface area contributed by atoms with Crippen LogP contribution in [0.4, 0.5) is 0 Å². The molecule has 1 aromatic rings. The van der Waals surface area contributed by atoms with E-state index in [1.165, 1.54) is 0 Å². The molecule has 17 heavy (non-hydrogen) atoms. The molecule has 1 amide bonds. The van der Waals surface area contributed by atoms with Crippen LogP contribution in [0.1, 0.15) is 16.7 Å². The molecule has 0 atom stereocenters. The molecule has 1 aromatic carbocycles. The fourth-order valence-corrected chi connectivity index (χ4v) is 1.97. The Bertz CT molecular complexity index is 393. The first-order valence-electron chi connectivity index (χ1n) is 5.57. The van der Waals surface area contributed by atoms with E-state index in [0.717, 1.165) is 22.4 Å². The van der Waals surface area contributed by atoms with Gasteiger partial charge in [-0.05, 0) is 30.5 Å². The first kappa shape index (κ1) is 13.5. The fourth-order valence-electron chi connectivity index (χ4n) is 1.97. The lowest BCUT2D eigenvalue weighted by Crippen LogP contribution is -2.32. The number of methoxy groups -OCH3 is 1. The van der Waals surface area contributed by atoms with Crippen LogP contribution in [-0.2, 0) is 11.3 Å². The molecule has 0 aliphatic carbocycles. The molecule has 0 bridgehead atoms. The number of aryl methyl sites for hydroxylation is 2. The van der Waals surface area contributed by atoms with Crippen molar-refractivity contribution in [3.8, 4) is 5.75 Å². The molecule has 1 rings (SSSR count). The van der Waals surface area contributed by atoms with Gasteiger partial charge >= 0.3 is 0 Å². The van der Waals surface area contributed by atoms with Gasteiger partial charge < -0.3 is 15.4 Å². The number of hydrogen-bond donors (Lipinski definition) is 1. The second-order valence-electron chi connectivity index (χ2n) is 4.22. The topological polar surface area (TPSA) is 55.6 Å². The normalized spacial score (nSPS) is 10.2. The zero-order valence-corrected chi connectivity index (χ0v) is 10.9. The molecule has 4 nitrogen and oxygen atoms in total. The molecule has 0 fully saturated rings. The van der Waals surface area contributed by atoms with E-state index in [1.807, 2.05) is 26.0 Å². The van der Waals surface area contributed by atoms with Crippen molar-refractivity contribution < 1.29 is 9.53 Å². The Labute approximate surface area is 102 Å². The molecule has 0 radical (unpaired) electrons. The Morgan fingerprint density at radius 1 is 1.35 bits per heavy atom. The Kier molecular flexibility index (Phi) is 4.52. The van der Waals surface area contributed by atoms with Gasteiger partial charge in [0, 0.05) is 13.6 Å². The monoisotopic (exact) mass is 236 g/mol. The molecule has 4 heteroatoms. The Balaban J connectivity index is 2.90. The van der Waals surface area contributed by atoms with Gasteiger partial charge in [-0.3, -0.25) is 4.79 Å². The lowest BCUT2D eigenvalue weighted by Gasteiger charge is -2.18. The highest BCUT2D eigenvalue weighted by Gasteiger charge is 2.10. The van der Waals surface area contributed by atoms with Gasteiger partial charge in [0.15, 0.2) is 0 Å². The van der Waals surface area contributed by atoms with Crippen LogP contribution in [0.15, 0.2) is 12.1 Å². The van der Waals surface area contributed by atoms with E-state index in [0.29, 0.717) is 6.54 Å². The van der Waals surface area contributed by atoms with E-state index in [-0.39, 0.29) is 12.5 Å². The first-order valence-corrected chi connectivity index (χ1v) is 5.57. The van der Waals surface area contributed by atoms with Gasteiger partial charge in [-0.1, -0.05) is 12.1 Å². The van der Waals surface area contributed by atoms with Gasteiger partial charge in [-0.25, -0.2) is 0 Å². The second-order valence-corrected chi connectivity index (χ2v) is 4.22. The molecule has 0 saturated carbocycles. The molecule has 0 heterocycles. The minimum Gasteiger partial charge on any atom is -0.496 e. The predicted molar refractivity (Wildman–Crippen MR) is 68.0 cm³/mol. The molecule has 94 valence electrons. The maximum atomic E-state index is 11.4. The van der Waals surface area contributed by atoms with Crippen LogP contribution in [0.2, 0.25) is 0 Å². The van der Waals surface area contributed by atoms with Crippen molar-refractivity contribution in [3.63, 3.8) is 0 Å². The molecule has 0 aliphatic rings. The van der Waals surface area contributed by atoms with Gasteiger partial charge in [0.2, 0.25) is 5.91 Å². The van der Waals surface area contributed by atoms with Crippen molar-refractivity contribution in [1.82, 2.24) is 4.90 Å². The number of amides is 1. The van der Waals surface area contributed by atoms with Crippen LogP contribution < -0.4 is 10.5 Å². The summed E-state index contributed by atoms with van der Waals surface area (Å²) in [5.74, 6) is 0.845. The summed E-state index contributed by atoms with van der Waals surface area (Å²) in [6.07, 6.45) is 0. The number of ether oxygens (including phenoxy) is 1.